The second-order valence-electron chi connectivity index (χ2n) is 6.14. The van der Waals surface area contributed by atoms with Crippen molar-refractivity contribution in [1.82, 2.24) is 0 Å². The first kappa shape index (κ1) is 18.7. The van der Waals surface area contributed by atoms with Gasteiger partial charge in [-0.2, -0.15) is 0 Å². The monoisotopic (exact) mass is 443 g/mol. The highest BCUT2D eigenvalue weighted by atomic mass is 127. The van der Waals surface area contributed by atoms with E-state index in [9.17, 15) is 0 Å². The summed E-state index contributed by atoms with van der Waals surface area (Å²) in [6.45, 7) is 3.91. The van der Waals surface area contributed by atoms with Crippen LogP contribution in [0.1, 0.15) is 24.0 Å². The molecule has 0 saturated carbocycles. The molecule has 1 aliphatic heterocycles. The maximum atomic E-state index is 6.15. The molecule has 23 heavy (non-hydrogen) atoms. The smallest absolute Gasteiger partial charge is 0.0764 e. The molecule has 1 heterocycles. The van der Waals surface area contributed by atoms with Gasteiger partial charge in [0.05, 0.1) is 26.3 Å². The van der Waals surface area contributed by atoms with Gasteiger partial charge in [0.1, 0.15) is 0 Å². The van der Waals surface area contributed by atoms with Crippen molar-refractivity contribution in [3.63, 3.8) is 0 Å². The van der Waals surface area contributed by atoms with Crippen molar-refractivity contribution in [2.24, 2.45) is 0 Å². The van der Waals surface area contributed by atoms with Gasteiger partial charge >= 0.3 is 0 Å². The number of benzene rings is 2. The molecule has 2 aromatic rings. The Morgan fingerprint density at radius 2 is 1.74 bits per heavy atom. The van der Waals surface area contributed by atoms with Gasteiger partial charge < -0.3 is 22.5 Å². The van der Waals surface area contributed by atoms with Crippen LogP contribution >= 0.6 is 22.6 Å². The minimum atomic E-state index is 0. The van der Waals surface area contributed by atoms with Gasteiger partial charge in [0.15, 0.2) is 0 Å². The number of hydrogen-bond donors (Lipinski definition) is 1. The minimum absolute atomic E-state index is 0. The van der Waals surface area contributed by atoms with Gasteiger partial charge in [-0.05, 0) is 45.9 Å². The van der Waals surface area contributed by atoms with E-state index in [2.05, 4.69) is 82.5 Å². The highest BCUT2D eigenvalue weighted by molar-refractivity contribution is 14.1. The Labute approximate surface area is 158 Å². The van der Waals surface area contributed by atoms with Crippen molar-refractivity contribution in [1.29, 1.82) is 0 Å². The molecule has 2 nitrogen and oxygen atoms in total. The summed E-state index contributed by atoms with van der Waals surface area (Å²) in [5.74, 6) is 0. The van der Waals surface area contributed by atoms with E-state index in [-0.39, 0.29) is 17.8 Å². The van der Waals surface area contributed by atoms with Crippen LogP contribution in [0.15, 0.2) is 54.6 Å². The average molecular weight is 444 g/mol. The number of halogens is 2. The van der Waals surface area contributed by atoms with Crippen LogP contribution in [0.25, 0.3) is 0 Å². The summed E-state index contributed by atoms with van der Waals surface area (Å²) in [4.78, 5) is 0. The third kappa shape index (κ3) is 4.92. The fourth-order valence-electron chi connectivity index (χ4n) is 3.33. The Morgan fingerprint density at radius 3 is 2.43 bits per heavy atom. The van der Waals surface area contributed by atoms with Crippen LogP contribution in [0, 0.1) is 3.57 Å². The van der Waals surface area contributed by atoms with Crippen LogP contribution in [0.4, 0.5) is 0 Å². The highest BCUT2D eigenvalue weighted by Gasteiger charge is 2.35. The van der Waals surface area contributed by atoms with Gasteiger partial charge in [-0.15, -0.1) is 0 Å². The molecule has 2 aromatic carbocycles. The molecule has 0 aliphatic carbocycles. The van der Waals surface area contributed by atoms with E-state index in [1.54, 1.807) is 0 Å². The van der Waals surface area contributed by atoms with Gasteiger partial charge in [-0.1, -0.05) is 42.5 Å². The number of rotatable bonds is 5. The lowest BCUT2D eigenvalue weighted by Crippen LogP contribution is -3.00. The normalized spacial score (nSPS) is 16.6. The van der Waals surface area contributed by atoms with E-state index in [1.165, 1.54) is 40.6 Å². The van der Waals surface area contributed by atoms with Crippen LogP contribution in [0.3, 0.4) is 0 Å². The van der Waals surface area contributed by atoms with Gasteiger partial charge in [0.2, 0.25) is 0 Å². The molecule has 1 aliphatic rings. The van der Waals surface area contributed by atoms with Crippen LogP contribution in [-0.2, 0) is 16.8 Å². The highest BCUT2D eigenvalue weighted by Crippen LogP contribution is 2.32. The van der Waals surface area contributed by atoms with Crippen molar-refractivity contribution in [2.45, 2.75) is 24.9 Å². The minimum Gasteiger partial charge on any atom is -1.00 e. The Balaban J connectivity index is 0.00000192. The van der Waals surface area contributed by atoms with Crippen molar-refractivity contribution in [3.05, 3.63) is 69.3 Å². The van der Waals surface area contributed by atoms with Crippen molar-refractivity contribution < 1.29 is 22.5 Å². The largest absolute Gasteiger partial charge is 1.00 e. The van der Waals surface area contributed by atoms with Crippen molar-refractivity contribution >= 4 is 22.6 Å². The molecule has 3 rings (SSSR count). The quantitative estimate of drug-likeness (QED) is 0.652. The third-order valence-corrected chi connectivity index (χ3v) is 5.25. The molecule has 0 bridgehead atoms. The molecular weight excluding hydrogens is 421 g/mol. The average Bonchev–Trinajstić information content (AvgIpc) is 2.57. The zero-order valence-corrected chi connectivity index (χ0v) is 16.1. The zero-order chi connectivity index (χ0) is 15.3. The van der Waals surface area contributed by atoms with Gasteiger partial charge in [-0.3, -0.25) is 0 Å². The SMILES string of the molecule is Ic1cccc(COCC2(c3ccccc3)CC[NH2+]CC2)c1.[Cl-]. The van der Waals surface area contributed by atoms with Crippen LogP contribution in [-0.4, -0.2) is 19.7 Å². The second-order valence-corrected chi connectivity index (χ2v) is 7.38. The summed E-state index contributed by atoms with van der Waals surface area (Å²) in [6, 6.07) is 19.5. The van der Waals surface area contributed by atoms with E-state index < -0.39 is 0 Å². The number of quaternary nitrogens is 1. The maximum Gasteiger partial charge on any atom is 0.0764 e. The molecule has 0 unspecified atom stereocenters. The van der Waals surface area contributed by atoms with Gasteiger partial charge in [0, 0.05) is 21.8 Å². The first-order chi connectivity index (χ1) is 10.8. The molecule has 0 atom stereocenters. The van der Waals surface area contributed by atoms with E-state index in [0.717, 1.165) is 6.61 Å². The van der Waals surface area contributed by atoms with E-state index in [1.807, 2.05) is 0 Å². The number of hydrogen-bond acceptors (Lipinski definition) is 1. The van der Waals surface area contributed by atoms with Gasteiger partial charge in [0.25, 0.3) is 0 Å². The molecule has 0 aromatic heterocycles. The fraction of sp³-hybridized carbons (Fsp3) is 0.368. The van der Waals surface area contributed by atoms with E-state index in [4.69, 9.17) is 4.74 Å². The lowest BCUT2D eigenvalue weighted by molar-refractivity contribution is -0.666. The zero-order valence-electron chi connectivity index (χ0n) is 13.2. The standard InChI is InChI=1S/C19H22INO.ClH/c20-18-8-4-5-16(13-18)14-22-15-19(9-11-21-12-10-19)17-6-2-1-3-7-17;/h1-8,13,21H,9-12,14-15H2;1H. The van der Waals surface area contributed by atoms with Gasteiger partial charge in [-0.25, -0.2) is 0 Å². The van der Waals surface area contributed by atoms with Crippen LogP contribution < -0.4 is 17.7 Å². The Morgan fingerprint density at radius 1 is 1.00 bits per heavy atom. The molecule has 2 N–H and O–H groups in total. The lowest BCUT2D eigenvalue weighted by Gasteiger charge is -2.36. The van der Waals surface area contributed by atoms with Crippen molar-refractivity contribution in [3.8, 4) is 0 Å². The van der Waals surface area contributed by atoms with E-state index in [0.29, 0.717) is 6.61 Å². The molecule has 0 spiro atoms. The summed E-state index contributed by atoms with van der Waals surface area (Å²) in [7, 11) is 0. The predicted molar refractivity (Wildman–Crippen MR) is 97.8 cm³/mol. The molecule has 124 valence electrons. The summed E-state index contributed by atoms with van der Waals surface area (Å²) in [5.41, 5.74) is 2.89. The summed E-state index contributed by atoms with van der Waals surface area (Å²) < 4.78 is 7.42. The van der Waals surface area contributed by atoms with Crippen LogP contribution in [0.5, 0.6) is 0 Å². The number of ether oxygens (including phenoxy) is 1. The Hall–Kier alpha value is -0.620. The fourth-order valence-corrected chi connectivity index (χ4v) is 3.93. The van der Waals surface area contributed by atoms with E-state index >= 15 is 0 Å². The third-order valence-electron chi connectivity index (χ3n) is 4.58. The molecular formula is C19H23ClINO. The Kier molecular flexibility index (Phi) is 7.34. The Bertz CT molecular complexity index is 599. The molecule has 0 radical (unpaired) electrons. The summed E-state index contributed by atoms with van der Waals surface area (Å²) in [6.07, 6.45) is 2.40. The first-order valence-corrected chi connectivity index (χ1v) is 9.06. The number of piperidine rings is 1. The first-order valence-electron chi connectivity index (χ1n) is 7.98. The van der Waals surface area contributed by atoms with Crippen LogP contribution in [0.2, 0.25) is 0 Å². The second kappa shape index (κ2) is 9.02. The summed E-state index contributed by atoms with van der Waals surface area (Å²) >= 11 is 2.35. The molecule has 1 fully saturated rings. The molecule has 4 heteroatoms. The lowest BCUT2D eigenvalue weighted by atomic mass is 9.74. The van der Waals surface area contributed by atoms with Crippen molar-refractivity contribution in [2.75, 3.05) is 19.7 Å². The predicted octanol–water partition coefficient (Wildman–Crippen LogP) is 0.107. The number of nitrogens with two attached hydrogens (primary N) is 1. The molecule has 1 saturated heterocycles. The topological polar surface area (TPSA) is 25.8 Å². The maximum absolute atomic E-state index is 6.15. The summed E-state index contributed by atoms with van der Waals surface area (Å²) in [5, 5.41) is 2.42. The molecule has 0 amide bonds.